The van der Waals surface area contributed by atoms with Crippen molar-refractivity contribution >= 4 is 5.82 Å². The van der Waals surface area contributed by atoms with Crippen molar-refractivity contribution in [3.8, 4) is 0 Å². The molecule has 0 radical (unpaired) electrons. The molecule has 0 aliphatic carbocycles. The highest BCUT2D eigenvalue weighted by atomic mass is 16.5. The first kappa shape index (κ1) is 16.4. The van der Waals surface area contributed by atoms with Crippen molar-refractivity contribution in [2.24, 2.45) is 0 Å². The molecule has 132 valence electrons. The van der Waals surface area contributed by atoms with Gasteiger partial charge in [0.1, 0.15) is 12.1 Å². The van der Waals surface area contributed by atoms with Gasteiger partial charge in [0.05, 0.1) is 12.3 Å². The Morgan fingerprint density at radius 3 is 3.00 bits per heavy atom. The summed E-state index contributed by atoms with van der Waals surface area (Å²) in [6.07, 6.45) is 7.71. The van der Waals surface area contributed by atoms with Crippen molar-refractivity contribution in [1.82, 2.24) is 19.9 Å². The number of pyridine rings is 1. The van der Waals surface area contributed by atoms with E-state index >= 15 is 0 Å². The van der Waals surface area contributed by atoms with Crippen LogP contribution in [-0.4, -0.2) is 59.2 Å². The molecule has 1 atom stereocenters. The van der Waals surface area contributed by atoms with E-state index in [1.807, 2.05) is 18.5 Å². The van der Waals surface area contributed by atoms with E-state index in [0.29, 0.717) is 5.92 Å². The first-order chi connectivity index (χ1) is 12.4. The molecule has 2 aliphatic heterocycles. The molecule has 0 aromatic carbocycles. The summed E-state index contributed by atoms with van der Waals surface area (Å²) in [5.41, 5.74) is 2.40. The Morgan fingerprint density at radius 1 is 1.16 bits per heavy atom. The topological polar surface area (TPSA) is 54.4 Å². The van der Waals surface area contributed by atoms with Crippen LogP contribution in [0.4, 0.5) is 5.82 Å². The Bertz CT molecular complexity index is 675. The van der Waals surface area contributed by atoms with Crippen molar-refractivity contribution in [3.63, 3.8) is 0 Å². The van der Waals surface area contributed by atoms with Crippen LogP contribution >= 0.6 is 0 Å². The first-order valence-electron chi connectivity index (χ1n) is 9.14. The van der Waals surface area contributed by atoms with E-state index in [-0.39, 0.29) is 0 Å². The van der Waals surface area contributed by atoms with Gasteiger partial charge in [-0.1, -0.05) is 6.07 Å². The predicted molar refractivity (Wildman–Crippen MR) is 96.6 cm³/mol. The monoisotopic (exact) mass is 339 g/mol. The minimum Gasteiger partial charge on any atom is -0.381 e. The van der Waals surface area contributed by atoms with E-state index in [9.17, 15) is 0 Å². The summed E-state index contributed by atoms with van der Waals surface area (Å²) < 4.78 is 5.50. The average molecular weight is 339 g/mol. The maximum absolute atomic E-state index is 5.50. The van der Waals surface area contributed by atoms with Gasteiger partial charge in [-0.25, -0.2) is 9.97 Å². The van der Waals surface area contributed by atoms with Gasteiger partial charge in [-0.05, 0) is 24.5 Å². The Balaban J connectivity index is 1.40. The molecule has 0 spiro atoms. The number of ether oxygens (including phenoxy) is 1. The summed E-state index contributed by atoms with van der Waals surface area (Å²) in [5, 5.41) is 0. The van der Waals surface area contributed by atoms with Crippen LogP contribution < -0.4 is 4.90 Å². The molecule has 0 amide bonds. The van der Waals surface area contributed by atoms with Crippen molar-refractivity contribution in [2.45, 2.75) is 25.3 Å². The lowest BCUT2D eigenvalue weighted by Gasteiger charge is -2.23. The molecule has 2 aromatic rings. The van der Waals surface area contributed by atoms with E-state index < -0.39 is 0 Å². The van der Waals surface area contributed by atoms with Gasteiger partial charge in [-0.2, -0.15) is 0 Å². The smallest absolute Gasteiger partial charge is 0.132 e. The van der Waals surface area contributed by atoms with Crippen LogP contribution in [0.25, 0.3) is 0 Å². The normalized spacial score (nSPS) is 22.1. The predicted octanol–water partition coefficient (Wildman–Crippen LogP) is 2.09. The summed E-state index contributed by atoms with van der Waals surface area (Å²) in [6.45, 7) is 6.79. The van der Waals surface area contributed by atoms with Gasteiger partial charge in [-0.15, -0.1) is 0 Å². The minimum atomic E-state index is 0.427. The molecule has 4 rings (SSSR count). The van der Waals surface area contributed by atoms with Crippen molar-refractivity contribution in [1.29, 1.82) is 0 Å². The molecule has 25 heavy (non-hydrogen) atoms. The van der Waals surface area contributed by atoms with Gasteiger partial charge in [-0.3, -0.25) is 9.88 Å². The molecule has 6 nitrogen and oxygen atoms in total. The minimum absolute atomic E-state index is 0.427. The van der Waals surface area contributed by atoms with E-state index in [4.69, 9.17) is 4.74 Å². The average Bonchev–Trinajstić information content (AvgIpc) is 3.10. The zero-order valence-corrected chi connectivity index (χ0v) is 14.5. The van der Waals surface area contributed by atoms with Gasteiger partial charge in [0.15, 0.2) is 0 Å². The summed E-state index contributed by atoms with van der Waals surface area (Å²) >= 11 is 0. The Kier molecular flexibility index (Phi) is 5.18. The number of nitrogens with zero attached hydrogens (tertiary/aromatic N) is 5. The fourth-order valence-electron chi connectivity index (χ4n) is 3.63. The van der Waals surface area contributed by atoms with Crippen LogP contribution in [0.2, 0.25) is 0 Å². The quantitative estimate of drug-likeness (QED) is 0.850. The van der Waals surface area contributed by atoms with Gasteiger partial charge >= 0.3 is 0 Å². The fourth-order valence-corrected chi connectivity index (χ4v) is 3.63. The zero-order chi connectivity index (χ0) is 16.9. The highest BCUT2D eigenvalue weighted by molar-refractivity contribution is 5.40. The van der Waals surface area contributed by atoms with Crippen LogP contribution in [0.15, 0.2) is 36.9 Å². The maximum atomic E-state index is 5.50. The van der Waals surface area contributed by atoms with Gasteiger partial charge in [0.2, 0.25) is 0 Å². The Labute approximate surface area is 148 Å². The Morgan fingerprint density at radius 2 is 2.16 bits per heavy atom. The molecular weight excluding hydrogens is 314 g/mol. The number of anilines is 1. The Hall–Kier alpha value is -2.05. The van der Waals surface area contributed by atoms with Crippen LogP contribution in [0.1, 0.15) is 30.0 Å². The van der Waals surface area contributed by atoms with E-state index in [1.54, 1.807) is 6.33 Å². The highest BCUT2D eigenvalue weighted by Crippen LogP contribution is 2.25. The molecule has 0 saturated carbocycles. The van der Waals surface area contributed by atoms with Crippen LogP contribution in [-0.2, 0) is 11.3 Å². The van der Waals surface area contributed by atoms with E-state index in [2.05, 4.69) is 36.9 Å². The van der Waals surface area contributed by atoms with E-state index in [0.717, 1.165) is 70.3 Å². The van der Waals surface area contributed by atoms with E-state index in [1.165, 1.54) is 5.56 Å². The number of hydrogen-bond donors (Lipinski definition) is 0. The number of rotatable bonds is 4. The SMILES string of the molecule is c1cncc(CN2CCCN(c3cc([C@H]4CCOC4)ncn3)CC2)c1. The molecule has 4 heterocycles. The fraction of sp³-hybridized carbons (Fsp3) is 0.526. The third kappa shape index (κ3) is 4.14. The van der Waals surface area contributed by atoms with Crippen molar-refractivity contribution in [3.05, 3.63) is 48.2 Å². The molecule has 0 N–H and O–H groups in total. The maximum Gasteiger partial charge on any atom is 0.132 e. The highest BCUT2D eigenvalue weighted by Gasteiger charge is 2.21. The molecule has 2 aromatic heterocycles. The molecule has 2 fully saturated rings. The van der Waals surface area contributed by atoms with Crippen molar-refractivity contribution in [2.75, 3.05) is 44.3 Å². The number of hydrogen-bond acceptors (Lipinski definition) is 6. The third-order valence-corrected chi connectivity index (χ3v) is 5.06. The standard InChI is InChI=1S/C19H25N5O/c1-3-16(12-20-5-1)13-23-6-2-7-24(9-8-23)19-11-18(21-15-22-19)17-4-10-25-14-17/h1,3,5,11-12,15,17H,2,4,6-10,13-14H2/t17-/m0/s1. The number of aromatic nitrogens is 3. The lowest BCUT2D eigenvalue weighted by molar-refractivity contribution is 0.193. The van der Waals surface area contributed by atoms with Gasteiger partial charge in [0.25, 0.3) is 0 Å². The second-order valence-corrected chi connectivity index (χ2v) is 6.84. The zero-order valence-electron chi connectivity index (χ0n) is 14.5. The molecule has 0 unspecified atom stereocenters. The molecule has 0 bridgehead atoms. The van der Waals surface area contributed by atoms with Gasteiger partial charge in [0, 0.05) is 63.7 Å². The lowest BCUT2D eigenvalue weighted by Crippen LogP contribution is -2.31. The molecule has 2 aliphatic rings. The summed E-state index contributed by atoms with van der Waals surface area (Å²) in [7, 11) is 0. The van der Waals surface area contributed by atoms with Gasteiger partial charge < -0.3 is 9.64 Å². The summed E-state index contributed by atoms with van der Waals surface area (Å²) in [5.74, 6) is 1.48. The summed E-state index contributed by atoms with van der Waals surface area (Å²) in [6, 6.07) is 6.32. The van der Waals surface area contributed by atoms with Crippen LogP contribution in [0.3, 0.4) is 0 Å². The third-order valence-electron chi connectivity index (χ3n) is 5.06. The largest absolute Gasteiger partial charge is 0.381 e. The first-order valence-corrected chi connectivity index (χ1v) is 9.14. The van der Waals surface area contributed by atoms with Crippen molar-refractivity contribution < 1.29 is 4.74 Å². The molecule has 6 heteroatoms. The molecule has 2 saturated heterocycles. The molecular formula is C19H25N5O. The van der Waals surface area contributed by atoms with Crippen LogP contribution in [0, 0.1) is 0 Å². The second kappa shape index (κ2) is 7.89. The lowest BCUT2D eigenvalue weighted by atomic mass is 10.0. The summed E-state index contributed by atoms with van der Waals surface area (Å²) in [4.78, 5) is 18.1. The second-order valence-electron chi connectivity index (χ2n) is 6.84. The van der Waals surface area contributed by atoms with Crippen LogP contribution in [0.5, 0.6) is 0 Å².